The largest absolute Gasteiger partial charge is 0.508 e. The first kappa shape index (κ1) is 8.59. The summed E-state index contributed by atoms with van der Waals surface area (Å²) in [6, 6.07) is 4.43. The van der Waals surface area contributed by atoms with E-state index in [-0.39, 0.29) is 5.75 Å². The van der Waals surface area contributed by atoms with E-state index in [9.17, 15) is 4.79 Å². The summed E-state index contributed by atoms with van der Waals surface area (Å²) in [4.78, 5) is 10.3. The molecule has 0 saturated carbocycles. The van der Waals surface area contributed by atoms with Crippen LogP contribution in [0.2, 0.25) is 0 Å². The third kappa shape index (κ3) is 1.99. The molecule has 0 atom stereocenters. The van der Waals surface area contributed by atoms with Crippen molar-refractivity contribution in [3.63, 3.8) is 0 Å². The second-order valence-electron chi connectivity index (χ2n) is 2.31. The number of aromatic hydroxyl groups is 1. The SMILES string of the molecule is CCOc1cc(O)cc(C=O)c1. The first-order valence-electron chi connectivity index (χ1n) is 3.68. The Labute approximate surface area is 70.6 Å². The number of phenolic OH excluding ortho intramolecular Hbond substituents is 1. The predicted octanol–water partition coefficient (Wildman–Crippen LogP) is 1.60. The number of carbonyl (C=O) groups is 1. The summed E-state index contributed by atoms with van der Waals surface area (Å²) in [5, 5.41) is 9.11. The van der Waals surface area contributed by atoms with Crippen molar-refractivity contribution in [1.82, 2.24) is 0 Å². The number of hydrogen-bond acceptors (Lipinski definition) is 3. The number of carbonyl (C=O) groups excluding carboxylic acids is 1. The number of benzene rings is 1. The fourth-order valence-electron chi connectivity index (χ4n) is 0.924. The smallest absolute Gasteiger partial charge is 0.150 e. The first-order valence-corrected chi connectivity index (χ1v) is 3.68. The Balaban J connectivity index is 2.97. The molecule has 0 unspecified atom stereocenters. The van der Waals surface area contributed by atoms with E-state index in [0.29, 0.717) is 24.2 Å². The maximum atomic E-state index is 10.3. The monoisotopic (exact) mass is 166 g/mol. The zero-order valence-corrected chi connectivity index (χ0v) is 6.78. The molecule has 0 aromatic heterocycles. The van der Waals surface area contributed by atoms with Crippen molar-refractivity contribution in [1.29, 1.82) is 0 Å². The Morgan fingerprint density at radius 1 is 1.50 bits per heavy atom. The second kappa shape index (κ2) is 3.76. The Hall–Kier alpha value is -1.51. The van der Waals surface area contributed by atoms with E-state index in [2.05, 4.69) is 0 Å². The van der Waals surface area contributed by atoms with Crippen LogP contribution in [0.4, 0.5) is 0 Å². The minimum atomic E-state index is 0.0445. The van der Waals surface area contributed by atoms with Gasteiger partial charge in [-0.1, -0.05) is 0 Å². The fraction of sp³-hybridized carbons (Fsp3) is 0.222. The van der Waals surface area contributed by atoms with Crippen LogP contribution < -0.4 is 4.74 Å². The van der Waals surface area contributed by atoms with Crippen molar-refractivity contribution in [3.05, 3.63) is 23.8 Å². The summed E-state index contributed by atoms with van der Waals surface area (Å²) in [5.74, 6) is 0.558. The van der Waals surface area contributed by atoms with Crippen LogP contribution >= 0.6 is 0 Å². The zero-order valence-electron chi connectivity index (χ0n) is 6.78. The quantitative estimate of drug-likeness (QED) is 0.694. The highest BCUT2D eigenvalue weighted by Crippen LogP contribution is 2.20. The van der Waals surface area contributed by atoms with Crippen LogP contribution in [-0.2, 0) is 0 Å². The van der Waals surface area contributed by atoms with Gasteiger partial charge in [-0.15, -0.1) is 0 Å². The highest BCUT2D eigenvalue weighted by atomic mass is 16.5. The summed E-state index contributed by atoms with van der Waals surface area (Å²) in [5.41, 5.74) is 0.415. The van der Waals surface area contributed by atoms with Gasteiger partial charge in [-0.05, 0) is 19.1 Å². The summed E-state index contributed by atoms with van der Waals surface area (Å²) >= 11 is 0. The summed E-state index contributed by atoms with van der Waals surface area (Å²) in [6.07, 6.45) is 0.669. The molecule has 64 valence electrons. The Morgan fingerprint density at radius 3 is 2.83 bits per heavy atom. The topological polar surface area (TPSA) is 46.5 Å². The number of ether oxygens (including phenoxy) is 1. The van der Waals surface area contributed by atoms with Crippen LogP contribution in [-0.4, -0.2) is 18.0 Å². The van der Waals surface area contributed by atoms with Gasteiger partial charge in [0.2, 0.25) is 0 Å². The van der Waals surface area contributed by atoms with Gasteiger partial charge in [0.25, 0.3) is 0 Å². The molecule has 1 rings (SSSR count). The first-order chi connectivity index (χ1) is 5.76. The van der Waals surface area contributed by atoms with Crippen LogP contribution in [0.1, 0.15) is 17.3 Å². The lowest BCUT2D eigenvalue weighted by Crippen LogP contribution is -1.92. The van der Waals surface area contributed by atoms with Gasteiger partial charge >= 0.3 is 0 Å². The van der Waals surface area contributed by atoms with Crippen LogP contribution in [0, 0.1) is 0 Å². The lowest BCUT2D eigenvalue weighted by molar-refractivity contribution is 0.112. The summed E-state index contributed by atoms with van der Waals surface area (Å²) in [7, 11) is 0. The van der Waals surface area contributed by atoms with Crippen molar-refractivity contribution in [2.45, 2.75) is 6.92 Å². The normalized spacial score (nSPS) is 9.42. The molecule has 1 aromatic rings. The van der Waals surface area contributed by atoms with Gasteiger partial charge in [0.15, 0.2) is 0 Å². The van der Waals surface area contributed by atoms with Gasteiger partial charge in [0.1, 0.15) is 17.8 Å². The molecule has 0 aliphatic heterocycles. The van der Waals surface area contributed by atoms with Crippen molar-refractivity contribution in [3.8, 4) is 11.5 Å². The summed E-state index contributed by atoms with van der Waals surface area (Å²) < 4.78 is 5.11. The van der Waals surface area contributed by atoms with E-state index in [4.69, 9.17) is 9.84 Å². The molecule has 0 heterocycles. The van der Waals surface area contributed by atoms with Crippen molar-refractivity contribution >= 4 is 6.29 Å². The second-order valence-corrected chi connectivity index (χ2v) is 2.31. The van der Waals surface area contributed by atoms with E-state index in [1.54, 1.807) is 6.07 Å². The van der Waals surface area contributed by atoms with E-state index < -0.39 is 0 Å². The van der Waals surface area contributed by atoms with Gasteiger partial charge in [0, 0.05) is 11.6 Å². The maximum Gasteiger partial charge on any atom is 0.150 e. The van der Waals surface area contributed by atoms with E-state index in [1.807, 2.05) is 6.92 Å². The molecular weight excluding hydrogens is 156 g/mol. The third-order valence-corrected chi connectivity index (χ3v) is 1.36. The van der Waals surface area contributed by atoms with Crippen molar-refractivity contribution in [2.24, 2.45) is 0 Å². The highest BCUT2D eigenvalue weighted by Gasteiger charge is 1.98. The average molecular weight is 166 g/mol. The van der Waals surface area contributed by atoms with Crippen LogP contribution in [0.5, 0.6) is 11.5 Å². The zero-order chi connectivity index (χ0) is 8.97. The molecule has 0 fully saturated rings. The minimum absolute atomic E-state index is 0.0445. The molecule has 0 bridgehead atoms. The standard InChI is InChI=1S/C9H10O3/c1-2-12-9-4-7(6-10)3-8(11)5-9/h3-6,11H,2H2,1H3. The molecule has 3 heteroatoms. The van der Waals surface area contributed by atoms with Crippen LogP contribution in [0.15, 0.2) is 18.2 Å². The predicted molar refractivity (Wildman–Crippen MR) is 44.7 cm³/mol. The lowest BCUT2D eigenvalue weighted by Gasteiger charge is -2.03. The van der Waals surface area contributed by atoms with Crippen LogP contribution in [0.25, 0.3) is 0 Å². The molecule has 12 heavy (non-hydrogen) atoms. The van der Waals surface area contributed by atoms with Crippen molar-refractivity contribution < 1.29 is 14.6 Å². The van der Waals surface area contributed by atoms with Gasteiger partial charge in [0.05, 0.1) is 6.61 Å². The molecule has 0 aliphatic rings. The number of phenols is 1. The van der Waals surface area contributed by atoms with E-state index >= 15 is 0 Å². The van der Waals surface area contributed by atoms with Gasteiger partial charge in [-0.2, -0.15) is 0 Å². The van der Waals surface area contributed by atoms with Crippen LogP contribution in [0.3, 0.4) is 0 Å². The average Bonchev–Trinajstić information content (AvgIpc) is 2.04. The minimum Gasteiger partial charge on any atom is -0.508 e. The number of hydrogen-bond donors (Lipinski definition) is 1. The molecule has 0 saturated heterocycles. The highest BCUT2D eigenvalue weighted by molar-refractivity contribution is 5.76. The van der Waals surface area contributed by atoms with Gasteiger partial charge in [-0.25, -0.2) is 0 Å². The Kier molecular flexibility index (Phi) is 2.69. The number of rotatable bonds is 3. The number of aldehydes is 1. The van der Waals surface area contributed by atoms with Gasteiger partial charge < -0.3 is 9.84 Å². The van der Waals surface area contributed by atoms with E-state index in [0.717, 1.165) is 0 Å². The van der Waals surface area contributed by atoms with Gasteiger partial charge in [-0.3, -0.25) is 4.79 Å². The third-order valence-electron chi connectivity index (χ3n) is 1.36. The fourth-order valence-corrected chi connectivity index (χ4v) is 0.924. The molecule has 0 spiro atoms. The Bertz CT molecular complexity index is 281. The Morgan fingerprint density at radius 2 is 2.25 bits per heavy atom. The summed E-state index contributed by atoms with van der Waals surface area (Å²) in [6.45, 7) is 2.35. The molecular formula is C9H10O3. The maximum absolute atomic E-state index is 10.3. The molecule has 0 aliphatic carbocycles. The molecule has 3 nitrogen and oxygen atoms in total. The molecule has 1 aromatic carbocycles. The molecule has 0 radical (unpaired) electrons. The van der Waals surface area contributed by atoms with E-state index in [1.165, 1.54) is 12.1 Å². The van der Waals surface area contributed by atoms with Crippen molar-refractivity contribution in [2.75, 3.05) is 6.61 Å². The molecule has 0 amide bonds. The lowest BCUT2D eigenvalue weighted by atomic mass is 10.2. The molecule has 1 N–H and O–H groups in total.